The van der Waals surface area contributed by atoms with Crippen LogP contribution in [0.15, 0.2) is 30.3 Å². The Morgan fingerprint density at radius 2 is 1.33 bits per heavy atom. The zero-order chi connectivity index (χ0) is 19.1. The van der Waals surface area contributed by atoms with Crippen LogP contribution >= 0.6 is 0 Å². The predicted molar refractivity (Wildman–Crippen MR) is 103 cm³/mol. The number of hydrazine groups is 1. The Hall–Kier alpha value is -2.57. The lowest BCUT2D eigenvalue weighted by atomic mass is 9.89. The monoisotopic (exact) mass is 372 g/mol. The van der Waals surface area contributed by atoms with E-state index in [1.165, 1.54) is 6.42 Å². The number of hydrogen-bond acceptors (Lipinski definition) is 3. The quantitative estimate of drug-likeness (QED) is 0.713. The maximum Gasteiger partial charge on any atom is 0.321 e. The molecule has 7 heteroatoms. The first-order chi connectivity index (χ1) is 13.1. The number of para-hydroxylation sites is 1. The minimum atomic E-state index is -0.183. The molecule has 1 heterocycles. The van der Waals surface area contributed by atoms with Gasteiger partial charge in [-0.05, 0) is 37.8 Å². The van der Waals surface area contributed by atoms with Crippen molar-refractivity contribution in [3.63, 3.8) is 0 Å². The van der Waals surface area contributed by atoms with Gasteiger partial charge in [0, 0.05) is 30.6 Å². The van der Waals surface area contributed by atoms with Crippen LogP contribution in [0.2, 0.25) is 0 Å². The Labute approximate surface area is 159 Å². The number of hydrogen-bond donors (Lipinski definition) is 3. The van der Waals surface area contributed by atoms with E-state index in [1.807, 2.05) is 30.3 Å². The lowest BCUT2D eigenvalue weighted by molar-refractivity contribution is -0.134. The molecule has 0 atom stereocenters. The molecule has 0 aromatic heterocycles. The lowest BCUT2D eigenvalue weighted by Gasteiger charge is -2.31. The van der Waals surface area contributed by atoms with Gasteiger partial charge in [-0.15, -0.1) is 0 Å². The summed E-state index contributed by atoms with van der Waals surface area (Å²) in [6, 6.07) is 9.17. The summed E-state index contributed by atoms with van der Waals surface area (Å²) in [4.78, 5) is 38.4. The maximum atomic E-state index is 12.3. The fourth-order valence-corrected chi connectivity index (χ4v) is 3.76. The average Bonchev–Trinajstić information content (AvgIpc) is 2.73. The van der Waals surface area contributed by atoms with Gasteiger partial charge in [0.2, 0.25) is 11.8 Å². The molecule has 1 aromatic rings. The Bertz CT molecular complexity index is 650. The summed E-state index contributed by atoms with van der Waals surface area (Å²) in [6.45, 7) is 1.04. The Kier molecular flexibility index (Phi) is 6.68. The largest absolute Gasteiger partial charge is 0.324 e. The number of rotatable bonds is 3. The van der Waals surface area contributed by atoms with E-state index in [0.717, 1.165) is 31.4 Å². The van der Waals surface area contributed by atoms with Crippen molar-refractivity contribution in [1.82, 2.24) is 15.8 Å². The van der Waals surface area contributed by atoms with Crippen molar-refractivity contribution in [3.8, 4) is 0 Å². The predicted octanol–water partition coefficient (Wildman–Crippen LogP) is 2.66. The van der Waals surface area contributed by atoms with Gasteiger partial charge in [-0.1, -0.05) is 37.5 Å². The lowest BCUT2D eigenvalue weighted by Crippen LogP contribution is -2.50. The molecule has 27 heavy (non-hydrogen) atoms. The van der Waals surface area contributed by atoms with E-state index in [4.69, 9.17) is 0 Å². The number of carbonyl (C=O) groups excluding carboxylic acids is 3. The first-order valence-electron chi connectivity index (χ1n) is 9.84. The van der Waals surface area contributed by atoms with Crippen molar-refractivity contribution in [2.75, 3.05) is 18.4 Å². The topological polar surface area (TPSA) is 90.5 Å². The summed E-state index contributed by atoms with van der Waals surface area (Å²) < 4.78 is 0. The van der Waals surface area contributed by atoms with Crippen LogP contribution in [0.1, 0.15) is 44.9 Å². The molecule has 0 radical (unpaired) electrons. The Morgan fingerprint density at radius 3 is 1.93 bits per heavy atom. The van der Waals surface area contributed by atoms with E-state index in [2.05, 4.69) is 16.2 Å². The minimum Gasteiger partial charge on any atom is -0.324 e. The van der Waals surface area contributed by atoms with E-state index < -0.39 is 0 Å². The van der Waals surface area contributed by atoms with Crippen molar-refractivity contribution < 1.29 is 14.4 Å². The summed E-state index contributed by atoms with van der Waals surface area (Å²) in [6.07, 6.45) is 6.32. The number of nitrogens with zero attached hydrogens (tertiary/aromatic N) is 1. The van der Waals surface area contributed by atoms with Crippen LogP contribution in [0.25, 0.3) is 0 Å². The molecule has 7 nitrogen and oxygen atoms in total. The molecule has 0 spiro atoms. The van der Waals surface area contributed by atoms with Gasteiger partial charge < -0.3 is 10.2 Å². The third kappa shape index (κ3) is 5.45. The zero-order valence-corrected chi connectivity index (χ0v) is 15.6. The van der Waals surface area contributed by atoms with Crippen LogP contribution in [0.3, 0.4) is 0 Å². The standard InChI is InChI=1S/C20H28N4O3/c25-18(15-7-3-1-4-8-15)22-23-19(26)16-11-13-24(14-12-16)20(27)21-17-9-5-2-6-10-17/h2,5-6,9-10,15-16H,1,3-4,7-8,11-14H2,(H,21,27)(H,22,25)(H,23,26). The minimum absolute atomic E-state index is 0.0163. The fraction of sp³-hybridized carbons (Fsp3) is 0.550. The first kappa shape index (κ1) is 19.2. The number of piperidine rings is 1. The molecule has 0 unspecified atom stereocenters. The number of nitrogens with one attached hydrogen (secondary N) is 3. The van der Waals surface area contributed by atoms with Crippen molar-refractivity contribution in [2.24, 2.45) is 11.8 Å². The molecule has 1 saturated heterocycles. The molecule has 3 rings (SSSR count). The number of urea groups is 1. The van der Waals surface area contributed by atoms with Crippen molar-refractivity contribution in [1.29, 1.82) is 0 Å². The van der Waals surface area contributed by atoms with Gasteiger partial charge in [0.15, 0.2) is 0 Å². The molecule has 2 aliphatic rings. The maximum absolute atomic E-state index is 12.3. The molecule has 1 saturated carbocycles. The summed E-state index contributed by atoms with van der Waals surface area (Å²) in [5.74, 6) is -0.412. The number of likely N-dealkylation sites (tertiary alicyclic amines) is 1. The Balaban J connectivity index is 1.38. The highest BCUT2D eigenvalue weighted by molar-refractivity contribution is 5.89. The zero-order valence-electron chi connectivity index (χ0n) is 15.6. The van der Waals surface area contributed by atoms with E-state index in [9.17, 15) is 14.4 Å². The molecule has 1 aromatic carbocycles. The fourth-order valence-electron chi connectivity index (χ4n) is 3.76. The second-order valence-corrected chi connectivity index (χ2v) is 7.37. The second-order valence-electron chi connectivity index (χ2n) is 7.37. The second kappa shape index (κ2) is 9.39. The molecule has 146 valence electrons. The van der Waals surface area contributed by atoms with Crippen LogP contribution in [0.4, 0.5) is 10.5 Å². The van der Waals surface area contributed by atoms with E-state index in [1.54, 1.807) is 4.90 Å². The smallest absolute Gasteiger partial charge is 0.321 e. The van der Waals surface area contributed by atoms with Gasteiger partial charge >= 0.3 is 6.03 Å². The third-order valence-corrected chi connectivity index (χ3v) is 5.46. The Morgan fingerprint density at radius 1 is 0.778 bits per heavy atom. The van der Waals surface area contributed by atoms with Crippen molar-refractivity contribution in [2.45, 2.75) is 44.9 Å². The van der Waals surface area contributed by atoms with Crippen molar-refractivity contribution >= 4 is 23.5 Å². The molecule has 1 aliphatic heterocycles. The summed E-state index contributed by atoms with van der Waals surface area (Å²) in [5, 5.41) is 2.86. The molecule has 1 aliphatic carbocycles. The molecular formula is C20H28N4O3. The van der Waals surface area contributed by atoms with Crippen LogP contribution in [-0.4, -0.2) is 35.8 Å². The van der Waals surface area contributed by atoms with Gasteiger partial charge in [-0.3, -0.25) is 20.4 Å². The third-order valence-electron chi connectivity index (χ3n) is 5.46. The van der Waals surface area contributed by atoms with E-state index >= 15 is 0 Å². The van der Waals surface area contributed by atoms with E-state index in [-0.39, 0.29) is 29.7 Å². The summed E-state index contributed by atoms with van der Waals surface area (Å²) >= 11 is 0. The summed E-state index contributed by atoms with van der Waals surface area (Å²) in [7, 11) is 0. The highest BCUT2D eigenvalue weighted by Gasteiger charge is 2.28. The number of amides is 4. The number of carbonyl (C=O) groups is 3. The molecule has 3 N–H and O–H groups in total. The number of benzene rings is 1. The van der Waals surface area contributed by atoms with Crippen LogP contribution in [0, 0.1) is 11.8 Å². The number of anilines is 1. The highest BCUT2D eigenvalue weighted by atomic mass is 16.2. The van der Waals surface area contributed by atoms with Gasteiger partial charge in [0.25, 0.3) is 0 Å². The first-order valence-corrected chi connectivity index (χ1v) is 9.84. The van der Waals surface area contributed by atoms with Crippen LogP contribution < -0.4 is 16.2 Å². The van der Waals surface area contributed by atoms with Gasteiger partial charge in [-0.25, -0.2) is 4.79 Å². The highest BCUT2D eigenvalue weighted by Crippen LogP contribution is 2.23. The van der Waals surface area contributed by atoms with E-state index in [0.29, 0.717) is 25.9 Å². The molecule has 2 fully saturated rings. The van der Waals surface area contributed by atoms with Gasteiger partial charge in [0.05, 0.1) is 0 Å². The van der Waals surface area contributed by atoms with Crippen LogP contribution in [-0.2, 0) is 9.59 Å². The molecular weight excluding hydrogens is 344 g/mol. The molecule has 0 bridgehead atoms. The molecule has 4 amide bonds. The van der Waals surface area contributed by atoms with Crippen molar-refractivity contribution in [3.05, 3.63) is 30.3 Å². The SMILES string of the molecule is O=C(NNC(=O)C1CCN(C(=O)Nc2ccccc2)CC1)C1CCCCC1. The normalized spacial score (nSPS) is 18.6. The summed E-state index contributed by atoms with van der Waals surface area (Å²) in [5.41, 5.74) is 5.92. The van der Waals surface area contributed by atoms with Gasteiger partial charge in [-0.2, -0.15) is 0 Å². The van der Waals surface area contributed by atoms with Crippen LogP contribution in [0.5, 0.6) is 0 Å². The van der Waals surface area contributed by atoms with Gasteiger partial charge in [0.1, 0.15) is 0 Å². The average molecular weight is 372 g/mol.